The van der Waals surface area contributed by atoms with E-state index in [2.05, 4.69) is 15.4 Å². The molecular formula is C19H26N6O. The fraction of sp³-hybridized carbons (Fsp3) is 0.579. The zero-order chi connectivity index (χ0) is 17.9. The van der Waals surface area contributed by atoms with Gasteiger partial charge in [0, 0.05) is 56.1 Å². The Bertz CT molecular complexity index is 780. The highest BCUT2D eigenvalue weighted by molar-refractivity contribution is 5.76. The van der Waals surface area contributed by atoms with Crippen LogP contribution in [0.1, 0.15) is 54.5 Å². The van der Waals surface area contributed by atoms with E-state index < -0.39 is 0 Å². The Balaban J connectivity index is 1.38. The van der Waals surface area contributed by atoms with E-state index in [1.165, 1.54) is 12.8 Å². The number of aromatic nitrogens is 4. The van der Waals surface area contributed by atoms with E-state index in [1.54, 1.807) is 6.20 Å². The standard InChI is InChI=1S/C19H26N6O/c1-14-5-9-22-25(14)11-7-18(26)24-10-6-16-15(13-24)12-21-19(23-16)17-4-2-3-8-20-17/h5,9,12,17,20H,2-4,6-8,10-11,13H2,1H3. The lowest BCUT2D eigenvalue weighted by molar-refractivity contribution is -0.132. The molecule has 0 spiro atoms. The second-order valence-corrected chi connectivity index (χ2v) is 7.21. The third-order valence-electron chi connectivity index (χ3n) is 5.39. The van der Waals surface area contributed by atoms with Gasteiger partial charge >= 0.3 is 0 Å². The maximum Gasteiger partial charge on any atom is 0.224 e. The van der Waals surface area contributed by atoms with Gasteiger partial charge in [-0.3, -0.25) is 9.48 Å². The topological polar surface area (TPSA) is 75.9 Å². The molecule has 0 aliphatic carbocycles. The van der Waals surface area contributed by atoms with Crippen LogP contribution in [0.15, 0.2) is 18.5 Å². The van der Waals surface area contributed by atoms with Gasteiger partial charge in [-0.05, 0) is 32.4 Å². The van der Waals surface area contributed by atoms with Gasteiger partial charge in [-0.25, -0.2) is 9.97 Å². The van der Waals surface area contributed by atoms with Crippen molar-refractivity contribution in [1.82, 2.24) is 30.0 Å². The van der Waals surface area contributed by atoms with Gasteiger partial charge in [0.2, 0.25) is 5.91 Å². The van der Waals surface area contributed by atoms with Crippen LogP contribution in [0.2, 0.25) is 0 Å². The maximum absolute atomic E-state index is 12.6. The number of carbonyl (C=O) groups excluding carboxylic acids is 1. The van der Waals surface area contributed by atoms with E-state index >= 15 is 0 Å². The summed E-state index contributed by atoms with van der Waals surface area (Å²) in [4.78, 5) is 23.9. The smallest absolute Gasteiger partial charge is 0.224 e. The van der Waals surface area contributed by atoms with Gasteiger partial charge in [-0.15, -0.1) is 0 Å². The van der Waals surface area contributed by atoms with Crippen LogP contribution in [-0.2, 0) is 24.3 Å². The zero-order valence-corrected chi connectivity index (χ0v) is 15.3. The van der Waals surface area contributed by atoms with Crippen LogP contribution in [0, 0.1) is 6.92 Å². The molecule has 1 atom stereocenters. The maximum atomic E-state index is 12.6. The molecule has 2 aliphatic heterocycles. The lowest BCUT2D eigenvalue weighted by Crippen LogP contribution is -2.37. The molecule has 0 bridgehead atoms. The first-order valence-corrected chi connectivity index (χ1v) is 9.55. The Morgan fingerprint density at radius 3 is 3.08 bits per heavy atom. The van der Waals surface area contributed by atoms with Crippen LogP contribution >= 0.6 is 0 Å². The number of rotatable bonds is 4. The third-order valence-corrected chi connectivity index (χ3v) is 5.39. The normalized spacial score (nSPS) is 20.0. The molecule has 7 nitrogen and oxygen atoms in total. The van der Waals surface area contributed by atoms with E-state index in [9.17, 15) is 4.79 Å². The SMILES string of the molecule is Cc1ccnn1CCC(=O)N1CCc2nc(C3CCCCN3)ncc2C1. The summed E-state index contributed by atoms with van der Waals surface area (Å²) < 4.78 is 1.88. The number of hydrogen-bond donors (Lipinski definition) is 1. The van der Waals surface area contributed by atoms with Crippen molar-refractivity contribution in [2.45, 2.75) is 58.2 Å². The molecule has 1 amide bonds. The summed E-state index contributed by atoms with van der Waals surface area (Å²) in [6.45, 7) is 5.03. The molecule has 1 unspecified atom stereocenters. The molecule has 138 valence electrons. The first kappa shape index (κ1) is 17.1. The number of nitrogens with zero attached hydrogens (tertiary/aromatic N) is 5. The molecule has 2 aromatic rings. The number of piperidine rings is 1. The Hall–Kier alpha value is -2.28. The summed E-state index contributed by atoms with van der Waals surface area (Å²) in [7, 11) is 0. The minimum absolute atomic E-state index is 0.170. The van der Waals surface area contributed by atoms with Crippen molar-refractivity contribution in [3.63, 3.8) is 0 Å². The predicted octanol–water partition coefficient (Wildman–Crippen LogP) is 1.77. The van der Waals surface area contributed by atoms with Crippen molar-refractivity contribution < 1.29 is 4.79 Å². The van der Waals surface area contributed by atoms with E-state index in [4.69, 9.17) is 4.98 Å². The summed E-state index contributed by atoms with van der Waals surface area (Å²) in [5.74, 6) is 1.08. The molecule has 1 N–H and O–H groups in total. The fourth-order valence-corrected chi connectivity index (χ4v) is 3.78. The number of nitrogens with one attached hydrogen (secondary N) is 1. The largest absolute Gasteiger partial charge is 0.338 e. The highest BCUT2D eigenvalue weighted by Crippen LogP contribution is 2.23. The van der Waals surface area contributed by atoms with E-state index in [1.807, 2.05) is 28.8 Å². The van der Waals surface area contributed by atoms with E-state index in [-0.39, 0.29) is 11.9 Å². The highest BCUT2D eigenvalue weighted by Gasteiger charge is 2.24. The summed E-state index contributed by atoms with van der Waals surface area (Å²) in [5, 5.41) is 7.75. The summed E-state index contributed by atoms with van der Waals surface area (Å²) in [6, 6.07) is 2.24. The Morgan fingerprint density at radius 1 is 1.38 bits per heavy atom. The first-order chi connectivity index (χ1) is 12.7. The van der Waals surface area contributed by atoms with Crippen molar-refractivity contribution in [1.29, 1.82) is 0 Å². The van der Waals surface area contributed by atoms with Crippen LogP contribution in [0.3, 0.4) is 0 Å². The second kappa shape index (κ2) is 7.53. The molecule has 2 aliphatic rings. The number of carbonyl (C=O) groups is 1. The minimum atomic E-state index is 0.170. The molecule has 1 fully saturated rings. The van der Waals surface area contributed by atoms with Crippen LogP contribution in [0.5, 0.6) is 0 Å². The molecular weight excluding hydrogens is 328 g/mol. The van der Waals surface area contributed by atoms with Crippen LogP contribution in [0.25, 0.3) is 0 Å². The van der Waals surface area contributed by atoms with E-state index in [0.29, 0.717) is 19.5 Å². The summed E-state index contributed by atoms with van der Waals surface area (Å²) in [6.07, 6.45) is 8.55. The average Bonchev–Trinajstić information content (AvgIpc) is 3.10. The summed E-state index contributed by atoms with van der Waals surface area (Å²) >= 11 is 0. The lowest BCUT2D eigenvalue weighted by atomic mass is 10.0. The number of amides is 1. The molecule has 0 radical (unpaired) electrons. The molecule has 7 heteroatoms. The molecule has 4 rings (SSSR count). The van der Waals surface area contributed by atoms with Gasteiger partial charge in [0.25, 0.3) is 0 Å². The van der Waals surface area contributed by atoms with Crippen molar-refractivity contribution >= 4 is 5.91 Å². The van der Waals surface area contributed by atoms with Crippen LogP contribution in [0.4, 0.5) is 0 Å². The predicted molar refractivity (Wildman–Crippen MR) is 97.3 cm³/mol. The second-order valence-electron chi connectivity index (χ2n) is 7.21. The van der Waals surface area contributed by atoms with Crippen molar-refractivity contribution in [2.24, 2.45) is 0 Å². The monoisotopic (exact) mass is 354 g/mol. The number of fused-ring (bicyclic) bond motifs is 1. The first-order valence-electron chi connectivity index (χ1n) is 9.55. The van der Waals surface area contributed by atoms with Gasteiger partial charge in [0.1, 0.15) is 5.82 Å². The third kappa shape index (κ3) is 3.62. The van der Waals surface area contributed by atoms with Crippen molar-refractivity contribution in [2.75, 3.05) is 13.1 Å². The zero-order valence-electron chi connectivity index (χ0n) is 15.3. The Kier molecular flexibility index (Phi) is 4.97. The summed E-state index contributed by atoms with van der Waals surface area (Å²) in [5.41, 5.74) is 3.27. The van der Waals surface area contributed by atoms with Gasteiger partial charge < -0.3 is 10.2 Å². The Labute approximate surface area is 153 Å². The van der Waals surface area contributed by atoms with Gasteiger partial charge in [-0.1, -0.05) is 6.42 Å². The molecule has 0 aromatic carbocycles. The molecule has 1 saturated heterocycles. The van der Waals surface area contributed by atoms with Gasteiger partial charge in [0.05, 0.1) is 11.7 Å². The average molecular weight is 354 g/mol. The number of hydrogen-bond acceptors (Lipinski definition) is 5. The lowest BCUT2D eigenvalue weighted by Gasteiger charge is -2.29. The van der Waals surface area contributed by atoms with E-state index in [0.717, 1.165) is 48.7 Å². The molecule has 2 aromatic heterocycles. The fourth-order valence-electron chi connectivity index (χ4n) is 3.78. The van der Waals surface area contributed by atoms with Crippen molar-refractivity contribution in [3.05, 3.63) is 41.2 Å². The van der Waals surface area contributed by atoms with Crippen molar-refractivity contribution in [3.8, 4) is 0 Å². The highest BCUT2D eigenvalue weighted by atomic mass is 16.2. The quantitative estimate of drug-likeness (QED) is 0.906. The minimum Gasteiger partial charge on any atom is -0.338 e. The molecule has 0 saturated carbocycles. The van der Waals surface area contributed by atoms with Gasteiger partial charge in [0.15, 0.2) is 0 Å². The molecule has 26 heavy (non-hydrogen) atoms. The number of aryl methyl sites for hydroxylation is 2. The van der Waals surface area contributed by atoms with Gasteiger partial charge in [-0.2, -0.15) is 5.10 Å². The van der Waals surface area contributed by atoms with Crippen LogP contribution < -0.4 is 5.32 Å². The Morgan fingerprint density at radius 2 is 2.31 bits per heavy atom. The van der Waals surface area contributed by atoms with Crippen LogP contribution in [-0.4, -0.2) is 43.6 Å². The molecule has 4 heterocycles.